The number of fused-ring (bicyclic) bond motifs is 2. The van der Waals surface area contributed by atoms with E-state index in [1.165, 1.54) is 19.4 Å². The number of anilines is 1. The lowest BCUT2D eigenvalue weighted by molar-refractivity contribution is -0.155. The van der Waals surface area contributed by atoms with Gasteiger partial charge in [-0.25, -0.2) is 38.0 Å². The molecule has 1 aliphatic heterocycles. The number of ether oxygens (including phenoxy) is 4. The maximum Gasteiger partial charge on any atom is 0.421 e. The maximum atomic E-state index is 16.4. The quantitative estimate of drug-likeness (QED) is 0.0779. The number of esters is 1. The fourth-order valence-electron chi connectivity index (χ4n) is 7.14. The lowest BCUT2D eigenvalue weighted by Gasteiger charge is -2.27. The van der Waals surface area contributed by atoms with Crippen molar-refractivity contribution in [3.05, 3.63) is 82.7 Å². The van der Waals surface area contributed by atoms with Crippen LogP contribution in [0.5, 0.6) is 5.75 Å². The highest BCUT2D eigenvalue weighted by molar-refractivity contribution is 6.03. The molecule has 1 amide bonds. The third-order valence-corrected chi connectivity index (χ3v) is 9.97. The fraction of sp³-hybridized carbons (Fsp3) is 0.429. The number of halogens is 4. The number of aryl methyl sites for hydroxylation is 2. The monoisotopic (exact) mass is 837 g/mol. The predicted octanol–water partition coefficient (Wildman–Crippen LogP) is 8.17. The van der Waals surface area contributed by atoms with Gasteiger partial charge in [-0.3, -0.25) is 0 Å². The molecule has 0 fully saturated rings. The van der Waals surface area contributed by atoms with Gasteiger partial charge >= 0.3 is 24.3 Å². The minimum atomic E-state index is -4.61. The minimum Gasteiger partial charge on any atom is -0.492 e. The Morgan fingerprint density at radius 2 is 1.65 bits per heavy atom. The molecule has 1 atom stereocenters. The summed E-state index contributed by atoms with van der Waals surface area (Å²) in [7, 11) is 1.25. The molecule has 0 bridgehead atoms. The summed E-state index contributed by atoms with van der Waals surface area (Å²) in [6.07, 6.45) is -1.96. The van der Waals surface area contributed by atoms with Crippen molar-refractivity contribution >= 4 is 35.0 Å². The van der Waals surface area contributed by atoms with E-state index < -0.39 is 60.1 Å². The Kier molecular flexibility index (Phi) is 12.4. The van der Waals surface area contributed by atoms with E-state index in [1.807, 2.05) is 32.0 Å². The molecule has 14 nitrogen and oxygen atoms in total. The molecule has 0 spiro atoms. The lowest BCUT2D eigenvalue weighted by atomic mass is 9.97. The Hall–Kier alpha value is -6.20. The third-order valence-electron chi connectivity index (χ3n) is 9.97. The van der Waals surface area contributed by atoms with Gasteiger partial charge in [0, 0.05) is 54.6 Å². The first kappa shape index (κ1) is 43.4. The van der Waals surface area contributed by atoms with Crippen LogP contribution < -0.4 is 15.0 Å². The number of carbonyl (C=O) groups is 3. The molecule has 4 heterocycles. The molecule has 60 heavy (non-hydrogen) atoms. The second-order valence-corrected chi connectivity index (χ2v) is 15.5. The van der Waals surface area contributed by atoms with Crippen molar-refractivity contribution in [2.24, 2.45) is 5.92 Å². The van der Waals surface area contributed by atoms with Crippen molar-refractivity contribution in [1.29, 1.82) is 0 Å². The van der Waals surface area contributed by atoms with Gasteiger partial charge in [0.05, 0.1) is 29.7 Å². The largest absolute Gasteiger partial charge is 0.492 e. The molecule has 5 aromatic rings. The second kappa shape index (κ2) is 17.2. The molecule has 0 radical (unpaired) electrons. The van der Waals surface area contributed by atoms with E-state index in [1.54, 1.807) is 50.3 Å². The summed E-state index contributed by atoms with van der Waals surface area (Å²) < 4.78 is 80.6. The van der Waals surface area contributed by atoms with Crippen LogP contribution in [0.1, 0.15) is 76.4 Å². The third kappa shape index (κ3) is 8.86. The number of amides is 1. The molecule has 1 aliphatic rings. The van der Waals surface area contributed by atoms with Crippen molar-refractivity contribution in [3.8, 4) is 22.7 Å². The van der Waals surface area contributed by atoms with Gasteiger partial charge in [0.15, 0.2) is 11.6 Å². The summed E-state index contributed by atoms with van der Waals surface area (Å²) in [5.74, 6) is -2.29. The number of nitrogens with one attached hydrogen (secondary N) is 1. The summed E-state index contributed by atoms with van der Waals surface area (Å²) in [5.41, 5.74) is 3.14. The van der Waals surface area contributed by atoms with Crippen molar-refractivity contribution < 1.29 is 50.9 Å². The van der Waals surface area contributed by atoms with Gasteiger partial charge in [0.25, 0.3) is 0 Å². The highest BCUT2D eigenvalue weighted by Crippen LogP contribution is 2.43. The summed E-state index contributed by atoms with van der Waals surface area (Å²) in [4.78, 5) is 48.8. The van der Waals surface area contributed by atoms with Crippen molar-refractivity contribution in [3.63, 3.8) is 0 Å². The van der Waals surface area contributed by atoms with Gasteiger partial charge in [0.1, 0.15) is 17.2 Å². The Morgan fingerprint density at radius 3 is 2.23 bits per heavy atom. The highest BCUT2D eigenvalue weighted by Gasteiger charge is 2.34. The highest BCUT2D eigenvalue weighted by atomic mass is 19.4. The van der Waals surface area contributed by atoms with Gasteiger partial charge in [-0.05, 0) is 62.8 Å². The topological polar surface area (TPSA) is 152 Å². The normalized spacial score (nSPS) is 13.6. The van der Waals surface area contributed by atoms with Crippen LogP contribution >= 0.6 is 0 Å². The number of carbonyl (C=O) groups excluding carboxylic acids is 3. The number of hydrogen-bond donors (Lipinski definition) is 1. The van der Waals surface area contributed by atoms with Crippen LogP contribution in [-0.4, -0.2) is 74.6 Å². The Labute approximate surface area is 343 Å². The van der Waals surface area contributed by atoms with Crippen LogP contribution in [0.25, 0.3) is 27.8 Å². The number of methoxy groups -OCH3 is 1. The van der Waals surface area contributed by atoms with Gasteiger partial charge < -0.3 is 29.2 Å². The summed E-state index contributed by atoms with van der Waals surface area (Å²) in [5, 5.41) is 7.95. The van der Waals surface area contributed by atoms with Crippen LogP contribution in [0, 0.1) is 11.7 Å². The van der Waals surface area contributed by atoms with E-state index in [-0.39, 0.29) is 23.8 Å². The molecule has 320 valence electrons. The summed E-state index contributed by atoms with van der Waals surface area (Å²) in [6.45, 7) is 12.1. The molecule has 2 aromatic carbocycles. The second-order valence-electron chi connectivity index (χ2n) is 15.5. The number of alkyl halides is 3. The van der Waals surface area contributed by atoms with Gasteiger partial charge in [0.2, 0.25) is 12.7 Å². The molecule has 1 unspecified atom stereocenters. The van der Waals surface area contributed by atoms with Crippen molar-refractivity contribution in [2.75, 3.05) is 25.3 Å². The first-order valence-electron chi connectivity index (χ1n) is 19.4. The van der Waals surface area contributed by atoms with Crippen LogP contribution in [0.4, 0.5) is 33.1 Å². The first-order chi connectivity index (χ1) is 28.4. The molecule has 18 heteroatoms. The number of rotatable bonds is 11. The average molecular weight is 838 g/mol. The number of aromatic nitrogens is 5. The van der Waals surface area contributed by atoms with E-state index in [0.29, 0.717) is 53.7 Å². The number of para-hydroxylation sites is 1. The Balaban J connectivity index is 1.40. The SMILES string of the molecule is CCc1cccc(CC)c1-n1nc2c(c1-c1cc(F)c(OC)c3c1ccn3C(=O)OCOC(=O)C(NC(=O)OC(C)(C)C)C(C)C)CN(c1ncc(C(F)(F)F)cn1)CC2. The fourth-order valence-corrected chi connectivity index (χ4v) is 7.14. The first-order valence-corrected chi connectivity index (χ1v) is 19.4. The average Bonchev–Trinajstić information content (AvgIpc) is 3.80. The van der Waals surface area contributed by atoms with Gasteiger partial charge in [-0.15, -0.1) is 0 Å². The summed E-state index contributed by atoms with van der Waals surface area (Å²) >= 11 is 0. The standard InChI is InChI=1S/C42H47F4N7O7/c1-9-24-12-11-13-25(10-2)33(24)53-34(29-21-51(16-15-31(29)50-53)38-47-19-26(20-48-38)42(44,45)46)28-18-30(43)36(57-8)35-27(28)14-17-52(35)40(56)59-22-58-37(54)32(23(3)4)49-39(55)60-41(5,6)7/h11-14,17-20,23,32H,9-10,15-16,21-22H2,1-8H3,(H,49,55). The van der Waals surface area contributed by atoms with Gasteiger partial charge in [-0.1, -0.05) is 45.9 Å². The zero-order valence-corrected chi connectivity index (χ0v) is 34.6. The van der Waals surface area contributed by atoms with Crippen molar-refractivity contribution in [1.82, 2.24) is 29.6 Å². The van der Waals surface area contributed by atoms with Crippen LogP contribution in [-0.2, 0) is 51.0 Å². The van der Waals surface area contributed by atoms with Gasteiger partial charge in [-0.2, -0.15) is 18.3 Å². The van der Waals surface area contributed by atoms with E-state index >= 15 is 4.39 Å². The van der Waals surface area contributed by atoms with E-state index in [4.69, 9.17) is 24.0 Å². The van der Waals surface area contributed by atoms with E-state index in [9.17, 15) is 27.6 Å². The number of nitrogens with zero attached hydrogens (tertiary/aromatic N) is 6. The number of hydrogen-bond acceptors (Lipinski definition) is 11. The number of alkyl carbamates (subject to hydrolysis) is 1. The smallest absolute Gasteiger partial charge is 0.421 e. The molecule has 0 saturated carbocycles. The van der Waals surface area contributed by atoms with E-state index in [0.717, 1.165) is 33.8 Å². The molecule has 3 aromatic heterocycles. The summed E-state index contributed by atoms with van der Waals surface area (Å²) in [6, 6.07) is 7.71. The van der Waals surface area contributed by atoms with Crippen LogP contribution in [0.15, 0.2) is 48.9 Å². The predicted molar refractivity (Wildman–Crippen MR) is 212 cm³/mol. The number of benzene rings is 2. The van der Waals surface area contributed by atoms with Crippen LogP contribution in [0.2, 0.25) is 0 Å². The molecule has 0 saturated heterocycles. The molecular weight excluding hydrogens is 790 g/mol. The zero-order chi connectivity index (χ0) is 43.7. The van der Waals surface area contributed by atoms with Crippen molar-refractivity contribution in [2.45, 2.75) is 92.1 Å². The van der Waals surface area contributed by atoms with Crippen LogP contribution in [0.3, 0.4) is 0 Å². The molecule has 6 rings (SSSR count). The molecular formula is C42H47F4N7O7. The molecule has 0 aliphatic carbocycles. The Morgan fingerprint density at radius 1 is 0.983 bits per heavy atom. The minimum absolute atomic E-state index is 0.00945. The maximum absolute atomic E-state index is 16.4. The lowest BCUT2D eigenvalue weighted by Crippen LogP contribution is -2.47. The molecule has 1 N–H and O–H groups in total. The zero-order valence-electron chi connectivity index (χ0n) is 34.6. The van der Waals surface area contributed by atoms with E-state index in [2.05, 4.69) is 15.3 Å². The Bertz CT molecular complexity index is 2380.